The largest absolute Gasteiger partial charge is 0.393 e. The van der Waals surface area contributed by atoms with Crippen molar-refractivity contribution >= 4 is 0 Å². The molecule has 2 heteroatoms. The average Bonchev–Trinajstić information content (AvgIpc) is 2.01. The Bertz CT molecular complexity index is 80.2. The summed E-state index contributed by atoms with van der Waals surface area (Å²) in [5.74, 6) is 0. The van der Waals surface area contributed by atoms with Gasteiger partial charge in [-0.2, -0.15) is 0 Å². The topological polar surface area (TPSA) is 40.5 Å². The highest BCUT2D eigenvalue weighted by atomic mass is 16.3. The van der Waals surface area contributed by atoms with E-state index in [0.717, 1.165) is 25.7 Å². The zero-order chi connectivity index (χ0) is 10.7. The van der Waals surface area contributed by atoms with Crippen LogP contribution >= 0.6 is 0 Å². The van der Waals surface area contributed by atoms with Gasteiger partial charge in [-0.3, -0.25) is 0 Å². The maximum absolute atomic E-state index is 8.68. The van der Waals surface area contributed by atoms with Gasteiger partial charge in [0.1, 0.15) is 0 Å². The summed E-state index contributed by atoms with van der Waals surface area (Å²) in [4.78, 5) is 0. The van der Waals surface area contributed by atoms with Crippen molar-refractivity contribution in [2.24, 2.45) is 0 Å². The van der Waals surface area contributed by atoms with Crippen LogP contribution in [0.1, 0.15) is 59.8 Å². The normalized spacial score (nSPS) is 14.3. The van der Waals surface area contributed by atoms with Crippen LogP contribution < -0.4 is 0 Å². The van der Waals surface area contributed by atoms with Gasteiger partial charge in [0.25, 0.3) is 0 Å². The Labute approximate surface area is 83.0 Å². The summed E-state index contributed by atoms with van der Waals surface area (Å²) in [5, 5.41) is 17.2. The van der Waals surface area contributed by atoms with Crippen LogP contribution in [0.4, 0.5) is 0 Å². The van der Waals surface area contributed by atoms with Crippen molar-refractivity contribution in [3.8, 4) is 0 Å². The number of rotatable bonds is 5. The molecule has 82 valence electrons. The first-order chi connectivity index (χ1) is 6.04. The van der Waals surface area contributed by atoms with Crippen LogP contribution in [0.15, 0.2) is 0 Å². The fourth-order valence-corrected chi connectivity index (χ4v) is 0.917. The lowest BCUT2D eigenvalue weighted by Crippen LogP contribution is -1.97. The van der Waals surface area contributed by atoms with Crippen LogP contribution in [0.3, 0.4) is 0 Å². The van der Waals surface area contributed by atoms with Gasteiger partial charge >= 0.3 is 0 Å². The molecule has 0 aromatic rings. The molecular weight excluding hydrogens is 164 g/mol. The first-order valence-corrected chi connectivity index (χ1v) is 5.40. The predicted molar refractivity (Wildman–Crippen MR) is 57.8 cm³/mol. The Morgan fingerprint density at radius 3 is 1.38 bits per heavy atom. The third-order valence-corrected chi connectivity index (χ3v) is 1.68. The Morgan fingerprint density at radius 2 is 1.31 bits per heavy atom. The van der Waals surface area contributed by atoms with E-state index in [1.165, 1.54) is 6.42 Å². The van der Waals surface area contributed by atoms with E-state index in [0.29, 0.717) is 0 Å². The van der Waals surface area contributed by atoms with Crippen LogP contribution in [-0.2, 0) is 0 Å². The van der Waals surface area contributed by atoms with E-state index >= 15 is 0 Å². The predicted octanol–water partition coefficient (Wildman–Crippen LogP) is 2.72. The minimum absolute atomic E-state index is 0.0973. The van der Waals surface area contributed by atoms with E-state index in [4.69, 9.17) is 10.2 Å². The highest BCUT2D eigenvalue weighted by molar-refractivity contribution is 4.43. The van der Waals surface area contributed by atoms with Gasteiger partial charge in [0, 0.05) is 0 Å². The summed E-state index contributed by atoms with van der Waals surface area (Å²) < 4.78 is 0. The Morgan fingerprint density at radius 1 is 0.846 bits per heavy atom. The highest BCUT2D eigenvalue weighted by Crippen LogP contribution is 1.97. The standard InChI is InChI=1S/C6H14O.C5H12O/c1-3-4-5-6(2)7;1-3-4-5(2)6/h6-7H,3-5H2,1-2H3;5-6H,3-4H2,1-2H3. The first kappa shape index (κ1) is 15.4. The maximum Gasteiger partial charge on any atom is 0.0512 e. The van der Waals surface area contributed by atoms with Crippen LogP contribution in [0.25, 0.3) is 0 Å². The number of aliphatic hydroxyl groups excluding tert-OH is 2. The molecule has 0 spiro atoms. The second-order valence-corrected chi connectivity index (χ2v) is 3.63. The zero-order valence-electron chi connectivity index (χ0n) is 9.58. The lowest BCUT2D eigenvalue weighted by atomic mass is 10.2. The van der Waals surface area contributed by atoms with Gasteiger partial charge in [0.15, 0.2) is 0 Å². The highest BCUT2D eigenvalue weighted by Gasteiger charge is 1.90. The lowest BCUT2D eigenvalue weighted by molar-refractivity contribution is 0.181. The summed E-state index contributed by atoms with van der Waals surface area (Å²) in [6, 6.07) is 0. The van der Waals surface area contributed by atoms with Gasteiger partial charge in [-0.05, 0) is 26.7 Å². The molecule has 2 N–H and O–H groups in total. The lowest BCUT2D eigenvalue weighted by Gasteiger charge is -1.98. The fraction of sp³-hybridized carbons (Fsp3) is 1.00. The molecule has 13 heavy (non-hydrogen) atoms. The summed E-state index contributed by atoms with van der Waals surface area (Å²) in [7, 11) is 0. The van der Waals surface area contributed by atoms with Crippen molar-refractivity contribution in [1.29, 1.82) is 0 Å². The van der Waals surface area contributed by atoms with Gasteiger partial charge in [-0.1, -0.05) is 33.1 Å². The molecule has 0 aliphatic heterocycles. The maximum atomic E-state index is 8.68. The minimum Gasteiger partial charge on any atom is -0.393 e. The average molecular weight is 190 g/mol. The molecule has 2 atom stereocenters. The van der Waals surface area contributed by atoms with Crippen LogP contribution in [0.5, 0.6) is 0 Å². The molecular formula is C11H26O2. The number of aliphatic hydroxyl groups is 2. The van der Waals surface area contributed by atoms with Gasteiger partial charge in [-0.25, -0.2) is 0 Å². The first-order valence-electron chi connectivity index (χ1n) is 5.40. The summed E-state index contributed by atoms with van der Waals surface area (Å²) in [5.41, 5.74) is 0. The van der Waals surface area contributed by atoms with Crippen LogP contribution in [0, 0.1) is 0 Å². The van der Waals surface area contributed by atoms with Gasteiger partial charge in [-0.15, -0.1) is 0 Å². The van der Waals surface area contributed by atoms with E-state index in [1.54, 1.807) is 0 Å². The van der Waals surface area contributed by atoms with E-state index in [-0.39, 0.29) is 12.2 Å². The SMILES string of the molecule is CCCC(C)O.CCCCC(C)O. The van der Waals surface area contributed by atoms with Crippen LogP contribution in [-0.4, -0.2) is 22.4 Å². The minimum atomic E-state index is -0.102. The molecule has 0 heterocycles. The molecule has 0 saturated carbocycles. The molecule has 2 nitrogen and oxygen atoms in total. The smallest absolute Gasteiger partial charge is 0.0512 e. The molecule has 0 bridgehead atoms. The molecule has 0 saturated heterocycles. The molecule has 0 amide bonds. The van der Waals surface area contributed by atoms with Gasteiger partial charge < -0.3 is 10.2 Å². The van der Waals surface area contributed by atoms with Crippen molar-refractivity contribution in [3.63, 3.8) is 0 Å². The Hall–Kier alpha value is -0.0800. The Kier molecular flexibility index (Phi) is 14.1. The van der Waals surface area contributed by atoms with Gasteiger partial charge in [0.05, 0.1) is 12.2 Å². The third-order valence-electron chi connectivity index (χ3n) is 1.68. The van der Waals surface area contributed by atoms with E-state index in [9.17, 15) is 0 Å². The second-order valence-electron chi connectivity index (χ2n) is 3.63. The summed E-state index contributed by atoms with van der Waals surface area (Å²) in [6.07, 6.45) is 5.10. The van der Waals surface area contributed by atoms with Crippen molar-refractivity contribution in [1.82, 2.24) is 0 Å². The fourth-order valence-electron chi connectivity index (χ4n) is 0.917. The van der Waals surface area contributed by atoms with Crippen molar-refractivity contribution < 1.29 is 10.2 Å². The molecule has 0 fully saturated rings. The van der Waals surface area contributed by atoms with Crippen molar-refractivity contribution in [2.45, 2.75) is 72.0 Å². The monoisotopic (exact) mass is 190 g/mol. The summed E-state index contributed by atoms with van der Waals surface area (Å²) in [6.45, 7) is 7.83. The number of hydrogen-bond donors (Lipinski definition) is 2. The van der Waals surface area contributed by atoms with Crippen LogP contribution in [0.2, 0.25) is 0 Å². The van der Waals surface area contributed by atoms with E-state index in [2.05, 4.69) is 13.8 Å². The van der Waals surface area contributed by atoms with E-state index < -0.39 is 0 Å². The molecule has 0 aromatic carbocycles. The molecule has 0 aromatic heterocycles. The second kappa shape index (κ2) is 11.9. The molecule has 0 aliphatic carbocycles. The Balaban J connectivity index is 0. The number of unbranched alkanes of at least 4 members (excludes halogenated alkanes) is 1. The zero-order valence-corrected chi connectivity index (χ0v) is 9.58. The van der Waals surface area contributed by atoms with Gasteiger partial charge in [0.2, 0.25) is 0 Å². The third kappa shape index (κ3) is 24.5. The van der Waals surface area contributed by atoms with Crippen molar-refractivity contribution in [3.05, 3.63) is 0 Å². The van der Waals surface area contributed by atoms with E-state index in [1.807, 2.05) is 13.8 Å². The number of hydrogen-bond acceptors (Lipinski definition) is 2. The molecule has 0 rings (SSSR count). The quantitative estimate of drug-likeness (QED) is 0.700. The molecule has 0 radical (unpaired) electrons. The molecule has 0 aliphatic rings. The summed E-state index contributed by atoms with van der Waals surface area (Å²) >= 11 is 0. The van der Waals surface area contributed by atoms with Crippen molar-refractivity contribution in [2.75, 3.05) is 0 Å². The molecule has 2 unspecified atom stereocenters.